The Balaban J connectivity index is 2.23. The van der Waals surface area contributed by atoms with Gasteiger partial charge in [-0.25, -0.2) is 0 Å². The van der Waals surface area contributed by atoms with Crippen LogP contribution in [0.5, 0.6) is 5.75 Å². The highest BCUT2D eigenvalue weighted by Gasteiger charge is 2.05. The number of hydrogen-bond acceptors (Lipinski definition) is 3. The number of unbranched alkanes of at least 4 members (excludes halogenated alkanes) is 4. The third kappa shape index (κ3) is 7.09. The summed E-state index contributed by atoms with van der Waals surface area (Å²) in [6.45, 7) is 2.16. The van der Waals surface area contributed by atoms with Crippen LogP contribution in [0.15, 0.2) is 24.3 Å². The Labute approximate surface area is 125 Å². The van der Waals surface area contributed by atoms with Gasteiger partial charge in [-0.2, -0.15) is 0 Å². The van der Waals surface area contributed by atoms with Crippen molar-refractivity contribution in [2.24, 2.45) is 0 Å². The Kier molecular flexibility index (Phi) is 7.65. The molecule has 0 aliphatic carbocycles. The Morgan fingerprint density at radius 1 is 1.25 bits per heavy atom. The van der Waals surface area contributed by atoms with Gasteiger partial charge in [0, 0.05) is 18.2 Å². The molecule has 1 rings (SSSR count). The second-order valence-corrected chi connectivity index (χ2v) is 5.13. The van der Waals surface area contributed by atoms with E-state index in [2.05, 4.69) is 17.6 Å². The lowest BCUT2D eigenvalue weighted by atomic mass is 10.1. The SMILES string of the molecule is CCCCCCCC(=O)NC(=S)Nc1cccc(O)c1. The summed E-state index contributed by atoms with van der Waals surface area (Å²) in [4.78, 5) is 11.7. The van der Waals surface area contributed by atoms with Gasteiger partial charge in [-0.3, -0.25) is 4.79 Å². The molecule has 0 aromatic heterocycles. The number of hydrogen-bond donors (Lipinski definition) is 3. The minimum Gasteiger partial charge on any atom is -0.508 e. The van der Waals surface area contributed by atoms with Crippen LogP contribution in [0.1, 0.15) is 45.4 Å². The average molecular weight is 294 g/mol. The Morgan fingerprint density at radius 3 is 2.70 bits per heavy atom. The van der Waals surface area contributed by atoms with Crippen molar-refractivity contribution in [1.82, 2.24) is 5.32 Å². The molecule has 1 aromatic rings. The number of anilines is 1. The maximum Gasteiger partial charge on any atom is 0.226 e. The first-order valence-corrected chi connectivity index (χ1v) is 7.42. The monoisotopic (exact) mass is 294 g/mol. The number of aromatic hydroxyl groups is 1. The van der Waals surface area contributed by atoms with E-state index in [0.29, 0.717) is 12.1 Å². The third-order valence-electron chi connectivity index (χ3n) is 2.86. The Morgan fingerprint density at radius 2 is 2.00 bits per heavy atom. The van der Waals surface area contributed by atoms with Crippen molar-refractivity contribution in [3.05, 3.63) is 24.3 Å². The summed E-state index contributed by atoms with van der Waals surface area (Å²) >= 11 is 5.05. The first-order valence-electron chi connectivity index (χ1n) is 7.01. The number of carbonyl (C=O) groups excluding carboxylic acids is 1. The lowest BCUT2D eigenvalue weighted by molar-refractivity contribution is -0.119. The molecule has 0 saturated heterocycles. The van der Waals surface area contributed by atoms with E-state index in [1.165, 1.54) is 19.3 Å². The molecular formula is C15H22N2O2S. The largest absolute Gasteiger partial charge is 0.508 e. The number of phenolic OH excluding ortho intramolecular Hbond substituents is 1. The zero-order chi connectivity index (χ0) is 14.8. The zero-order valence-corrected chi connectivity index (χ0v) is 12.6. The Bertz CT molecular complexity index is 449. The van der Waals surface area contributed by atoms with Crippen LogP contribution in [0.3, 0.4) is 0 Å². The molecule has 1 amide bonds. The molecule has 0 unspecified atom stereocenters. The summed E-state index contributed by atoms with van der Waals surface area (Å²) in [6, 6.07) is 6.59. The summed E-state index contributed by atoms with van der Waals surface area (Å²) in [6.07, 6.45) is 6.05. The molecule has 1 aromatic carbocycles. The lowest BCUT2D eigenvalue weighted by Crippen LogP contribution is -2.33. The molecule has 0 aliphatic rings. The highest BCUT2D eigenvalue weighted by molar-refractivity contribution is 7.80. The Hall–Kier alpha value is -1.62. The van der Waals surface area contributed by atoms with Crippen LogP contribution >= 0.6 is 12.2 Å². The van der Waals surface area contributed by atoms with Gasteiger partial charge in [-0.05, 0) is 30.8 Å². The molecule has 0 bridgehead atoms. The van der Waals surface area contributed by atoms with Crippen LogP contribution in [-0.4, -0.2) is 16.1 Å². The van der Waals surface area contributed by atoms with E-state index < -0.39 is 0 Å². The van der Waals surface area contributed by atoms with E-state index in [9.17, 15) is 9.90 Å². The smallest absolute Gasteiger partial charge is 0.226 e. The minimum absolute atomic E-state index is 0.0702. The molecule has 0 radical (unpaired) electrons. The summed E-state index contributed by atoms with van der Waals surface area (Å²) in [7, 11) is 0. The van der Waals surface area contributed by atoms with Gasteiger partial charge in [0.05, 0.1) is 0 Å². The van der Waals surface area contributed by atoms with E-state index in [1.807, 2.05) is 0 Å². The van der Waals surface area contributed by atoms with Gasteiger partial charge in [0.1, 0.15) is 5.75 Å². The lowest BCUT2D eigenvalue weighted by Gasteiger charge is -2.09. The van der Waals surface area contributed by atoms with Crippen molar-refractivity contribution < 1.29 is 9.90 Å². The van der Waals surface area contributed by atoms with Crippen molar-refractivity contribution in [2.45, 2.75) is 45.4 Å². The summed E-state index contributed by atoms with van der Waals surface area (Å²) in [5.41, 5.74) is 0.651. The number of carbonyl (C=O) groups is 1. The second kappa shape index (κ2) is 9.31. The fourth-order valence-corrected chi connectivity index (χ4v) is 2.06. The van der Waals surface area contributed by atoms with Gasteiger partial charge in [0.25, 0.3) is 0 Å². The maximum absolute atomic E-state index is 11.7. The van der Waals surface area contributed by atoms with E-state index >= 15 is 0 Å². The number of nitrogens with one attached hydrogen (secondary N) is 2. The number of amides is 1. The molecule has 0 aliphatic heterocycles. The minimum atomic E-state index is -0.0702. The molecule has 4 nitrogen and oxygen atoms in total. The molecule has 20 heavy (non-hydrogen) atoms. The van der Waals surface area contributed by atoms with Crippen molar-refractivity contribution in [1.29, 1.82) is 0 Å². The van der Waals surface area contributed by atoms with Crippen LogP contribution in [-0.2, 0) is 4.79 Å². The maximum atomic E-state index is 11.7. The van der Waals surface area contributed by atoms with Gasteiger partial charge in [0.2, 0.25) is 5.91 Å². The predicted molar refractivity (Wildman–Crippen MR) is 85.8 cm³/mol. The molecule has 5 heteroatoms. The summed E-state index contributed by atoms with van der Waals surface area (Å²) in [5.74, 6) is 0.0826. The molecule has 0 atom stereocenters. The normalized spacial score (nSPS) is 10.1. The molecule has 0 fully saturated rings. The van der Waals surface area contributed by atoms with Gasteiger partial charge >= 0.3 is 0 Å². The van der Waals surface area contributed by atoms with E-state index in [1.54, 1.807) is 24.3 Å². The van der Waals surface area contributed by atoms with Gasteiger partial charge in [-0.1, -0.05) is 38.7 Å². The fraction of sp³-hybridized carbons (Fsp3) is 0.467. The molecule has 0 saturated carbocycles. The van der Waals surface area contributed by atoms with Gasteiger partial charge < -0.3 is 15.7 Å². The fourth-order valence-electron chi connectivity index (χ4n) is 1.82. The van der Waals surface area contributed by atoms with E-state index in [4.69, 9.17) is 12.2 Å². The number of rotatable bonds is 7. The van der Waals surface area contributed by atoms with Gasteiger partial charge in [0.15, 0.2) is 5.11 Å². The number of benzene rings is 1. The standard InChI is InChI=1S/C15H22N2O2S/c1-2-3-4-5-6-10-14(19)17-15(20)16-12-8-7-9-13(18)11-12/h7-9,11,18H,2-6,10H2,1H3,(H2,16,17,19,20). The highest BCUT2D eigenvalue weighted by Crippen LogP contribution is 2.15. The average Bonchev–Trinajstić information content (AvgIpc) is 2.38. The quantitative estimate of drug-likeness (QED) is 0.531. The van der Waals surface area contributed by atoms with Crippen molar-refractivity contribution in [3.8, 4) is 5.75 Å². The highest BCUT2D eigenvalue weighted by atomic mass is 32.1. The third-order valence-corrected chi connectivity index (χ3v) is 3.07. The topological polar surface area (TPSA) is 61.4 Å². The molecular weight excluding hydrogens is 272 g/mol. The number of thiocarbonyl (C=S) groups is 1. The number of phenols is 1. The summed E-state index contributed by atoms with van der Waals surface area (Å²) < 4.78 is 0. The first kappa shape index (κ1) is 16.4. The molecule has 110 valence electrons. The molecule has 0 spiro atoms. The van der Waals surface area contributed by atoms with Crippen LogP contribution in [0.2, 0.25) is 0 Å². The predicted octanol–water partition coefficient (Wildman–Crippen LogP) is 3.57. The summed E-state index contributed by atoms with van der Waals surface area (Å²) in [5, 5.41) is 15.1. The van der Waals surface area contributed by atoms with Crippen LogP contribution in [0.25, 0.3) is 0 Å². The van der Waals surface area contributed by atoms with E-state index in [0.717, 1.165) is 12.8 Å². The van der Waals surface area contributed by atoms with Crippen LogP contribution in [0.4, 0.5) is 5.69 Å². The zero-order valence-electron chi connectivity index (χ0n) is 11.8. The van der Waals surface area contributed by atoms with E-state index in [-0.39, 0.29) is 16.8 Å². The van der Waals surface area contributed by atoms with Crippen molar-refractivity contribution in [3.63, 3.8) is 0 Å². The van der Waals surface area contributed by atoms with Crippen LogP contribution in [0, 0.1) is 0 Å². The molecule has 3 N–H and O–H groups in total. The van der Waals surface area contributed by atoms with Gasteiger partial charge in [-0.15, -0.1) is 0 Å². The van der Waals surface area contributed by atoms with Crippen LogP contribution < -0.4 is 10.6 Å². The van der Waals surface area contributed by atoms with Crippen molar-refractivity contribution >= 4 is 28.9 Å². The first-order chi connectivity index (χ1) is 9.61. The molecule has 0 heterocycles. The second-order valence-electron chi connectivity index (χ2n) is 4.72. The van der Waals surface area contributed by atoms with Crippen molar-refractivity contribution in [2.75, 3.05) is 5.32 Å².